The molecule has 1 aromatic rings. The van der Waals surface area contributed by atoms with Crippen LogP contribution in [0, 0.1) is 0 Å². The van der Waals surface area contributed by atoms with E-state index in [2.05, 4.69) is 10.2 Å². The summed E-state index contributed by atoms with van der Waals surface area (Å²) >= 11 is 6.01. The number of hydrogen-bond acceptors (Lipinski definition) is 5. The van der Waals surface area contributed by atoms with Crippen molar-refractivity contribution >= 4 is 23.0 Å². The zero-order chi connectivity index (χ0) is 12.4. The molecule has 0 amide bonds. The fraction of sp³-hybridized carbons (Fsp3) is 0.273. The van der Waals surface area contributed by atoms with Crippen molar-refractivity contribution in [1.82, 2.24) is 9.80 Å². The Labute approximate surface area is 105 Å². The van der Waals surface area contributed by atoms with E-state index >= 15 is 0 Å². The van der Waals surface area contributed by atoms with Gasteiger partial charge in [0.2, 0.25) is 6.29 Å². The minimum absolute atomic E-state index is 0.122. The number of nitrogen functional groups attached to an aromatic ring is 1. The predicted octanol–water partition coefficient (Wildman–Crippen LogP) is 2.64. The van der Waals surface area contributed by atoms with Crippen LogP contribution in [0.2, 0.25) is 5.02 Å². The lowest BCUT2D eigenvalue weighted by molar-refractivity contribution is 0.206. The second-order valence-corrected chi connectivity index (χ2v) is 4.31. The van der Waals surface area contributed by atoms with Gasteiger partial charge in [0.15, 0.2) is 0 Å². The molecule has 0 atom stereocenters. The summed E-state index contributed by atoms with van der Waals surface area (Å²) in [5.74, 6) is 0. The van der Waals surface area contributed by atoms with Gasteiger partial charge < -0.3 is 15.5 Å². The Morgan fingerprint density at radius 1 is 1.24 bits per heavy atom. The van der Waals surface area contributed by atoms with Gasteiger partial charge in [-0.15, -0.1) is 5.11 Å². The Morgan fingerprint density at radius 3 is 2.47 bits per heavy atom. The highest BCUT2D eigenvalue weighted by Gasteiger charge is 2.19. The Bertz CT molecular complexity index is 459. The van der Waals surface area contributed by atoms with Crippen LogP contribution >= 0.6 is 11.6 Å². The van der Waals surface area contributed by atoms with Crippen LogP contribution in [0.1, 0.15) is 0 Å². The molecule has 0 aliphatic carbocycles. The monoisotopic (exact) mass is 251 g/mol. The highest BCUT2D eigenvalue weighted by Crippen LogP contribution is 2.27. The average Bonchev–Trinajstić information content (AvgIpc) is 2.58. The minimum atomic E-state index is -0.122. The van der Waals surface area contributed by atoms with E-state index in [4.69, 9.17) is 17.3 Å². The van der Waals surface area contributed by atoms with Crippen LogP contribution in [0.15, 0.2) is 40.8 Å². The number of azo groups is 1. The first kappa shape index (κ1) is 11.7. The summed E-state index contributed by atoms with van der Waals surface area (Å²) in [5, 5.41) is 8.88. The number of benzene rings is 1. The van der Waals surface area contributed by atoms with Crippen LogP contribution in [-0.2, 0) is 0 Å². The molecular formula is C11H14ClN5. The standard InChI is InChI=1S/C11H14ClN5/c1-16-5-6-17(2)11(16)15-14-10-4-3-8(13)7-9(10)12/h3-7,11H,13H2,1-2H3. The van der Waals surface area contributed by atoms with E-state index in [0.29, 0.717) is 16.4 Å². The summed E-state index contributed by atoms with van der Waals surface area (Å²) in [7, 11) is 3.88. The Kier molecular flexibility index (Phi) is 3.19. The minimum Gasteiger partial charge on any atom is -0.399 e. The van der Waals surface area contributed by atoms with Crippen molar-refractivity contribution in [1.29, 1.82) is 0 Å². The predicted molar refractivity (Wildman–Crippen MR) is 68.8 cm³/mol. The summed E-state index contributed by atoms with van der Waals surface area (Å²) < 4.78 is 0. The third kappa shape index (κ3) is 2.50. The van der Waals surface area contributed by atoms with E-state index in [1.807, 2.05) is 36.3 Å². The molecular weight excluding hydrogens is 238 g/mol. The topological polar surface area (TPSA) is 57.2 Å². The van der Waals surface area contributed by atoms with Gasteiger partial charge in [0, 0.05) is 32.2 Å². The largest absolute Gasteiger partial charge is 0.399 e. The highest BCUT2D eigenvalue weighted by atomic mass is 35.5. The van der Waals surface area contributed by atoms with Crippen molar-refractivity contribution in [3.63, 3.8) is 0 Å². The summed E-state index contributed by atoms with van der Waals surface area (Å²) in [4.78, 5) is 3.91. The van der Waals surface area contributed by atoms with Gasteiger partial charge in [-0.1, -0.05) is 11.6 Å². The van der Waals surface area contributed by atoms with Crippen molar-refractivity contribution < 1.29 is 0 Å². The first-order valence-corrected chi connectivity index (χ1v) is 5.54. The molecule has 0 aromatic heterocycles. The van der Waals surface area contributed by atoms with Gasteiger partial charge in [-0.05, 0) is 18.2 Å². The number of nitrogens with zero attached hydrogens (tertiary/aromatic N) is 4. The molecule has 2 N–H and O–H groups in total. The van der Waals surface area contributed by atoms with E-state index in [1.165, 1.54) is 0 Å². The van der Waals surface area contributed by atoms with Crippen molar-refractivity contribution in [2.24, 2.45) is 10.2 Å². The molecule has 6 heteroatoms. The summed E-state index contributed by atoms with van der Waals surface area (Å²) in [6.45, 7) is 0. The van der Waals surface area contributed by atoms with Gasteiger partial charge in [0.25, 0.3) is 0 Å². The Balaban J connectivity index is 2.15. The third-order valence-electron chi connectivity index (χ3n) is 2.51. The maximum Gasteiger partial charge on any atom is 0.217 e. The maximum absolute atomic E-state index is 6.01. The molecule has 0 saturated carbocycles. The SMILES string of the molecule is CN1C=CN(C)C1N=Nc1ccc(N)cc1Cl. The number of nitrogens with two attached hydrogens (primary N) is 1. The van der Waals surface area contributed by atoms with Gasteiger partial charge in [-0.3, -0.25) is 0 Å². The lowest BCUT2D eigenvalue weighted by Crippen LogP contribution is -2.31. The normalized spacial score (nSPS) is 16.4. The molecule has 0 bridgehead atoms. The molecule has 0 saturated heterocycles. The molecule has 5 nitrogen and oxygen atoms in total. The number of halogens is 1. The smallest absolute Gasteiger partial charge is 0.217 e. The van der Waals surface area contributed by atoms with Crippen LogP contribution in [0.3, 0.4) is 0 Å². The fourth-order valence-electron chi connectivity index (χ4n) is 1.53. The van der Waals surface area contributed by atoms with Gasteiger partial charge in [-0.25, -0.2) is 0 Å². The fourth-order valence-corrected chi connectivity index (χ4v) is 1.76. The molecule has 0 fully saturated rings. The van der Waals surface area contributed by atoms with E-state index in [9.17, 15) is 0 Å². The Morgan fingerprint density at radius 2 is 1.88 bits per heavy atom. The molecule has 0 spiro atoms. The van der Waals surface area contributed by atoms with Crippen LogP contribution < -0.4 is 5.73 Å². The van der Waals surface area contributed by atoms with Crippen molar-refractivity contribution in [2.45, 2.75) is 6.29 Å². The number of rotatable bonds is 2. The lowest BCUT2D eigenvalue weighted by atomic mass is 10.3. The second-order valence-electron chi connectivity index (χ2n) is 3.90. The summed E-state index contributed by atoms with van der Waals surface area (Å²) in [5.41, 5.74) is 6.84. The van der Waals surface area contributed by atoms with Gasteiger partial charge in [-0.2, -0.15) is 5.11 Å². The van der Waals surface area contributed by atoms with E-state index in [-0.39, 0.29) is 6.29 Å². The summed E-state index contributed by atoms with van der Waals surface area (Å²) in [6.07, 6.45) is 3.76. The lowest BCUT2D eigenvalue weighted by Gasteiger charge is -2.21. The summed E-state index contributed by atoms with van der Waals surface area (Å²) in [6, 6.07) is 5.17. The molecule has 1 heterocycles. The van der Waals surface area contributed by atoms with Crippen molar-refractivity contribution in [2.75, 3.05) is 19.8 Å². The number of hydrogen-bond donors (Lipinski definition) is 1. The van der Waals surface area contributed by atoms with E-state index in [1.54, 1.807) is 18.2 Å². The molecule has 17 heavy (non-hydrogen) atoms. The highest BCUT2D eigenvalue weighted by molar-refractivity contribution is 6.33. The van der Waals surface area contributed by atoms with Crippen LogP contribution in [0.4, 0.5) is 11.4 Å². The number of anilines is 1. The van der Waals surface area contributed by atoms with Crippen molar-refractivity contribution in [3.8, 4) is 0 Å². The quantitative estimate of drug-likeness (QED) is 0.649. The molecule has 2 rings (SSSR count). The average molecular weight is 252 g/mol. The molecule has 1 aromatic carbocycles. The molecule has 0 radical (unpaired) electrons. The van der Waals surface area contributed by atoms with Crippen LogP contribution in [0.5, 0.6) is 0 Å². The third-order valence-corrected chi connectivity index (χ3v) is 2.81. The van der Waals surface area contributed by atoms with Crippen LogP contribution in [0.25, 0.3) is 0 Å². The molecule has 90 valence electrons. The van der Waals surface area contributed by atoms with E-state index in [0.717, 1.165) is 0 Å². The maximum atomic E-state index is 6.01. The van der Waals surface area contributed by atoms with E-state index < -0.39 is 0 Å². The van der Waals surface area contributed by atoms with Crippen LogP contribution in [-0.4, -0.2) is 30.2 Å². The van der Waals surface area contributed by atoms with Crippen molar-refractivity contribution in [3.05, 3.63) is 35.6 Å². The van der Waals surface area contributed by atoms with Gasteiger partial charge >= 0.3 is 0 Å². The zero-order valence-corrected chi connectivity index (χ0v) is 10.5. The van der Waals surface area contributed by atoms with Gasteiger partial charge in [0.1, 0.15) is 5.69 Å². The molecule has 0 unspecified atom stereocenters. The molecule has 1 aliphatic rings. The second kappa shape index (κ2) is 4.63. The first-order chi connectivity index (χ1) is 8.08. The Hall–Kier alpha value is -1.75. The molecule has 1 aliphatic heterocycles. The zero-order valence-electron chi connectivity index (χ0n) is 9.71. The van der Waals surface area contributed by atoms with Gasteiger partial charge in [0.05, 0.1) is 5.02 Å². The first-order valence-electron chi connectivity index (χ1n) is 5.16.